The molecule has 0 saturated carbocycles. The fourth-order valence-electron chi connectivity index (χ4n) is 9.32. The molecule has 4 aromatic heterocycles. The molecule has 0 aliphatic heterocycles. The van der Waals surface area contributed by atoms with Crippen LogP contribution in [-0.2, 0) is 0 Å². The number of para-hydroxylation sites is 1. The molecule has 0 N–H and O–H groups in total. The summed E-state index contributed by atoms with van der Waals surface area (Å²) in [6, 6.07) is 74.4. The average Bonchev–Trinajstić information content (AvgIpc) is 4.01. The molecule has 0 saturated heterocycles. The maximum absolute atomic E-state index is 6.66. The molecule has 9 aromatic carbocycles. The van der Waals surface area contributed by atoms with Gasteiger partial charge in [0, 0.05) is 54.7 Å². The predicted molar refractivity (Wildman–Crippen MR) is 258 cm³/mol. The molecule has 0 bridgehead atoms. The van der Waals surface area contributed by atoms with E-state index in [0.29, 0.717) is 5.82 Å². The van der Waals surface area contributed by atoms with Crippen molar-refractivity contribution in [1.29, 1.82) is 0 Å². The van der Waals surface area contributed by atoms with Crippen molar-refractivity contribution in [2.24, 2.45) is 0 Å². The Morgan fingerprint density at radius 2 is 0.698 bits per heavy atom. The Morgan fingerprint density at radius 1 is 0.286 bits per heavy atom. The van der Waals surface area contributed by atoms with Gasteiger partial charge in [0.2, 0.25) is 0 Å². The zero-order chi connectivity index (χ0) is 41.4. The first-order valence-corrected chi connectivity index (χ1v) is 21.2. The molecule has 0 fully saturated rings. The summed E-state index contributed by atoms with van der Waals surface area (Å²) in [5, 5.41) is 6.50. The highest BCUT2D eigenvalue weighted by Gasteiger charge is 2.18. The summed E-state index contributed by atoms with van der Waals surface area (Å²) in [5.41, 5.74) is 16.1. The van der Waals surface area contributed by atoms with E-state index in [1.165, 1.54) is 32.9 Å². The monoisotopic (exact) mass is 805 g/mol. The summed E-state index contributed by atoms with van der Waals surface area (Å²) in [7, 11) is 0. The quantitative estimate of drug-likeness (QED) is 0.168. The summed E-state index contributed by atoms with van der Waals surface area (Å²) in [4.78, 5) is 10.1. The maximum atomic E-state index is 6.66. The largest absolute Gasteiger partial charge is 0.456 e. The predicted octanol–water partition coefficient (Wildman–Crippen LogP) is 15.7. The lowest BCUT2D eigenvalue weighted by molar-refractivity contribution is 0.664. The van der Waals surface area contributed by atoms with E-state index in [1.807, 2.05) is 36.4 Å². The van der Waals surface area contributed by atoms with Crippen LogP contribution in [0.25, 0.3) is 128 Å². The number of hydrogen-bond donors (Lipinski definition) is 0. The number of furan rings is 2. The fourth-order valence-corrected chi connectivity index (χ4v) is 9.32. The van der Waals surface area contributed by atoms with E-state index in [4.69, 9.17) is 18.8 Å². The van der Waals surface area contributed by atoms with E-state index < -0.39 is 0 Å². The van der Waals surface area contributed by atoms with E-state index in [1.54, 1.807) is 0 Å². The van der Waals surface area contributed by atoms with Crippen LogP contribution in [0.1, 0.15) is 0 Å². The molecule has 0 aliphatic rings. The first-order valence-electron chi connectivity index (χ1n) is 21.2. The third-order valence-electron chi connectivity index (χ3n) is 12.4. The van der Waals surface area contributed by atoms with Crippen molar-refractivity contribution in [1.82, 2.24) is 14.5 Å². The average molecular weight is 806 g/mol. The summed E-state index contributed by atoms with van der Waals surface area (Å²) >= 11 is 0. The Kier molecular flexibility index (Phi) is 7.84. The molecule has 0 aliphatic carbocycles. The molecule has 13 aromatic rings. The minimum Gasteiger partial charge on any atom is -0.456 e. The Morgan fingerprint density at radius 3 is 1.24 bits per heavy atom. The van der Waals surface area contributed by atoms with Crippen LogP contribution < -0.4 is 0 Å². The standard InChI is InChI=1S/C58H35N3O2/c1-5-13-36(14-6-1)39-23-27-52-46(29-39)47-30-40(24-28-53(47)61(52)43-19-11-4-12-20-43)41-21-25-44-48-33-57-49(34-56(48)62-54(44)31-41)45-26-22-42(32-55(45)63-57)58-59-50(37-15-7-2-8-16-37)35-51(60-58)38-17-9-3-10-18-38/h1-35H. The summed E-state index contributed by atoms with van der Waals surface area (Å²) < 4.78 is 15.6. The number of aromatic nitrogens is 3. The topological polar surface area (TPSA) is 57.0 Å². The van der Waals surface area contributed by atoms with E-state index in [9.17, 15) is 0 Å². The molecule has 0 atom stereocenters. The SMILES string of the molecule is c1ccc(-c2ccc3c(c2)c2cc(-c4ccc5c(c4)oc4cc6c(cc45)oc4cc(-c5nc(-c7ccccc7)cc(-c7ccccc7)n5)ccc46)ccc2n3-c2ccccc2)cc1. The molecule has 0 unspecified atom stereocenters. The Balaban J connectivity index is 0.895. The highest BCUT2D eigenvalue weighted by Crippen LogP contribution is 2.41. The molecule has 294 valence electrons. The minimum absolute atomic E-state index is 0.645. The molecule has 4 heterocycles. The Labute approximate surface area is 361 Å². The van der Waals surface area contributed by atoms with E-state index in [0.717, 1.165) is 88.8 Å². The van der Waals surface area contributed by atoms with Gasteiger partial charge in [-0.05, 0) is 101 Å². The third-order valence-corrected chi connectivity index (χ3v) is 12.4. The lowest BCUT2D eigenvalue weighted by Gasteiger charge is -2.09. The molecule has 63 heavy (non-hydrogen) atoms. The first kappa shape index (κ1) is 35.2. The molecule has 0 amide bonds. The van der Waals surface area contributed by atoms with Crippen molar-refractivity contribution < 1.29 is 8.83 Å². The highest BCUT2D eigenvalue weighted by atomic mass is 16.3. The van der Waals surface area contributed by atoms with E-state index in [2.05, 4.69) is 180 Å². The number of rotatable bonds is 6. The summed E-state index contributed by atoms with van der Waals surface area (Å²) in [6.45, 7) is 0. The van der Waals surface area contributed by atoms with Gasteiger partial charge < -0.3 is 13.4 Å². The Hall–Kier alpha value is -8.54. The van der Waals surface area contributed by atoms with Gasteiger partial charge in [-0.2, -0.15) is 0 Å². The van der Waals surface area contributed by atoms with Crippen LogP contribution in [0.2, 0.25) is 0 Å². The van der Waals surface area contributed by atoms with Gasteiger partial charge in [-0.25, -0.2) is 9.97 Å². The third kappa shape index (κ3) is 5.86. The molecule has 5 nitrogen and oxygen atoms in total. The molecule has 13 rings (SSSR count). The number of hydrogen-bond acceptors (Lipinski definition) is 4. The summed E-state index contributed by atoms with van der Waals surface area (Å²) in [5.74, 6) is 0.645. The number of fused-ring (bicyclic) bond motifs is 9. The van der Waals surface area contributed by atoms with Crippen LogP contribution in [0.5, 0.6) is 0 Å². The fraction of sp³-hybridized carbons (Fsp3) is 0. The van der Waals surface area contributed by atoms with Crippen molar-refractivity contribution in [2.75, 3.05) is 0 Å². The molecule has 5 heteroatoms. The van der Waals surface area contributed by atoms with Crippen molar-refractivity contribution in [2.45, 2.75) is 0 Å². The van der Waals surface area contributed by atoms with Crippen LogP contribution in [0.3, 0.4) is 0 Å². The lowest BCUT2D eigenvalue weighted by atomic mass is 9.99. The second kappa shape index (κ2) is 14.0. The zero-order valence-corrected chi connectivity index (χ0v) is 33.9. The smallest absolute Gasteiger partial charge is 0.160 e. The maximum Gasteiger partial charge on any atom is 0.160 e. The number of nitrogens with zero attached hydrogens (tertiary/aromatic N) is 3. The normalized spacial score (nSPS) is 11.8. The van der Waals surface area contributed by atoms with Gasteiger partial charge in [-0.1, -0.05) is 133 Å². The molecular formula is C58H35N3O2. The zero-order valence-electron chi connectivity index (χ0n) is 33.9. The van der Waals surface area contributed by atoms with E-state index in [-0.39, 0.29) is 0 Å². The van der Waals surface area contributed by atoms with Gasteiger partial charge in [0.15, 0.2) is 5.82 Å². The first-order chi connectivity index (χ1) is 31.2. The van der Waals surface area contributed by atoms with Gasteiger partial charge in [0.05, 0.1) is 22.4 Å². The minimum atomic E-state index is 0.645. The second-order valence-electron chi connectivity index (χ2n) is 16.2. The van der Waals surface area contributed by atoms with Crippen molar-refractivity contribution in [3.63, 3.8) is 0 Å². The van der Waals surface area contributed by atoms with Gasteiger partial charge in [0.1, 0.15) is 22.3 Å². The van der Waals surface area contributed by atoms with E-state index >= 15 is 0 Å². The Bertz CT molecular complexity index is 3830. The summed E-state index contributed by atoms with van der Waals surface area (Å²) in [6.07, 6.45) is 0. The van der Waals surface area contributed by atoms with Gasteiger partial charge in [-0.3, -0.25) is 0 Å². The highest BCUT2D eigenvalue weighted by molar-refractivity contribution is 6.16. The van der Waals surface area contributed by atoms with Crippen molar-refractivity contribution in [3.05, 3.63) is 212 Å². The molecular weight excluding hydrogens is 771 g/mol. The van der Waals surface area contributed by atoms with Crippen LogP contribution >= 0.6 is 0 Å². The van der Waals surface area contributed by atoms with Crippen LogP contribution in [-0.4, -0.2) is 14.5 Å². The number of benzene rings is 9. The van der Waals surface area contributed by atoms with Crippen LogP contribution in [0, 0.1) is 0 Å². The lowest BCUT2D eigenvalue weighted by Crippen LogP contribution is -1.95. The van der Waals surface area contributed by atoms with Crippen molar-refractivity contribution >= 4 is 65.7 Å². The molecule has 0 spiro atoms. The van der Waals surface area contributed by atoms with Gasteiger partial charge >= 0.3 is 0 Å². The van der Waals surface area contributed by atoms with Gasteiger partial charge in [0.25, 0.3) is 0 Å². The van der Waals surface area contributed by atoms with Crippen LogP contribution in [0.4, 0.5) is 0 Å². The van der Waals surface area contributed by atoms with Crippen molar-refractivity contribution in [3.8, 4) is 61.8 Å². The second-order valence-corrected chi connectivity index (χ2v) is 16.2. The van der Waals surface area contributed by atoms with Gasteiger partial charge in [-0.15, -0.1) is 0 Å². The molecule has 0 radical (unpaired) electrons. The van der Waals surface area contributed by atoms with Crippen LogP contribution in [0.15, 0.2) is 221 Å².